The maximum atomic E-state index is 14.2. The molecule has 0 bridgehead atoms. The summed E-state index contributed by atoms with van der Waals surface area (Å²) in [6.45, 7) is 2.08. The van der Waals surface area contributed by atoms with Gasteiger partial charge in [-0.1, -0.05) is 66.7 Å². The molecule has 3 aromatic carbocycles. The molecule has 2 aliphatic rings. The molecule has 1 amide bonds. The molecule has 35 heavy (non-hydrogen) atoms. The highest BCUT2D eigenvalue weighted by Crippen LogP contribution is 2.46. The maximum Gasteiger partial charge on any atom is 0.537 e. The van der Waals surface area contributed by atoms with Crippen molar-refractivity contribution in [3.05, 3.63) is 95.8 Å². The van der Waals surface area contributed by atoms with Crippen molar-refractivity contribution in [3.63, 3.8) is 0 Å². The van der Waals surface area contributed by atoms with Gasteiger partial charge in [-0.25, -0.2) is 0 Å². The van der Waals surface area contributed by atoms with E-state index in [0.717, 1.165) is 41.7 Å². The Bertz CT molecular complexity index is 1210. The summed E-state index contributed by atoms with van der Waals surface area (Å²) in [6.07, 6.45) is 3.77. The largest absolute Gasteiger partial charge is 0.537 e. The Labute approximate surface area is 206 Å². The lowest BCUT2D eigenvalue weighted by Crippen LogP contribution is -2.65. The molecule has 1 saturated heterocycles. The molecule has 1 fully saturated rings. The number of fused-ring (bicyclic) bond motifs is 1. The number of hydrogen-bond acceptors (Lipinski definition) is 5. The minimum absolute atomic E-state index is 0.0301. The van der Waals surface area contributed by atoms with Crippen LogP contribution in [-0.2, 0) is 20.8 Å². The summed E-state index contributed by atoms with van der Waals surface area (Å²) in [5.41, 5.74) is 2.00. The zero-order valence-corrected chi connectivity index (χ0v) is 20.4. The fourth-order valence-corrected chi connectivity index (χ4v) is 5.66. The molecule has 5 rings (SSSR count). The number of hydrogen-bond donors (Lipinski definition) is 0. The normalized spacial score (nSPS) is 24.5. The van der Waals surface area contributed by atoms with Crippen LogP contribution in [-0.4, -0.2) is 55.7 Å². The van der Waals surface area contributed by atoms with E-state index in [0.29, 0.717) is 13.2 Å². The van der Waals surface area contributed by atoms with Crippen LogP contribution in [0.5, 0.6) is 0 Å². The molecule has 0 spiro atoms. The van der Waals surface area contributed by atoms with E-state index in [2.05, 4.69) is 35.3 Å². The lowest BCUT2D eigenvalue weighted by atomic mass is 10.00. The van der Waals surface area contributed by atoms with Crippen molar-refractivity contribution in [3.8, 4) is 0 Å². The van der Waals surface area contributed by atoms with Crippen LogP contribution in [0.2, 0.25) is 0 Å². The van der Waals surface area contributed by atoms with Crippen LogP contribution in [0.25, 0.3) is 10.8 Å². The van der Waals surface area contributed by atoms with Gasteiger partial charge < -0.3 is 14.2 Å². The van der Waals surface area contributed by atoms with Gasteiger partial charge in [0.15, 0.2) is 5.76 Å². The number of quaternary nitrogens is 1. The second-order valence-corrected chi connectivity index (χ2v) is 9.28. The van der Waals surface area contributed by atoms with Crippen molar-refractivity contribution in [1.82, 2.24) is 5.01 Å². The average Bonchev–Trinajstić information content (AvgIpc) is 3.53. The second kappa shape index (κ2) is 10.2. The van der Waals surface area contributed by atoms with E-state index in [1.54, 1.807) is 14.2 Å². The quantitative estimate of drug-likeness (QED) is 0.418. The standard InChI is InChI=1S/C29H33N2O4/c1-33-21-26-13-8-17-30(26)31(29(32)35-20-22-9-4-3-5-10-22)18-16-27(34-2)28(31)25-15-14-23-11-6-7-12-24(23)19-25/h3-7,9-12,14-16,19,26,28H,8,13,17-18,20-21H2,1-2H3/q+1/t26-,28-,31?/m0/s1. The highest BCUT2D eigenvalue weighted by molar-refractivity contribution is 5.83. The molecule has 1 unspecified atom stereocenters. The Morgan fingerprint density at radius 3 is 2.54 bits per heavy atom. The van der Waals surface area contributed by atoms with Crippen molar-refractivity contribution in [2.24, 2.45) is 0 Å². The molecule has 0 aliphatic carbocycles. The monoisotopic (exact) mass is 473 g/mol. The maximum absolute atomic E-state index is 14.2. The van der Waals surface area contributed by atoms with Crippen LogP contribution >= 0.6 is 0 Å². The van der Waals surface area contributed by atoms with E-state index in [4.69, 9.17) is 14.2 Å². The Morgan fingerprint density at radius 2 is 1.77 bits per heavy atom. The van der Waals surface area contributed by atoms with Crippen LogP contribution in [0.1, 0.15) is 30.0 Å². The Hall–Kier alpha value is -3.19. The van der Waals surface area contributed by atoms with Crippen LogP contribution in [0.15, 0.2) is 84.6 Å². The Balaban J connectivity index is 1.58. The van der Waals surface area contributed by atoms with Gasteiger partial charge in [0.25, 0.3) is 0 Å². The number of carbonyl (C=O) groups is 1. The summed E-state index contributed by atoms with van der Waals surface area (Å²) >= 11 is 0. The number of methoxy groups -OCH3 is 2. The van der Waals surface area contributed by atoms with E-state index in [9.17, 15) is 4.79 Å². The number of benzene rings is 3. The molecule has 6 nitrogen and oxygen atoms in total. The van der Waals surface area contributed by atoms with Gasteiger partial charge in [0.2, 0.25) is 6.04 Å². The van der Waals surface area contributed by atoms with Crippen molar-refractivity contribution < 1.29 is 23.6 Å². The number of ether oxygens (including phenoxy) is 3. The van der Waals surface area contributed by atoms with Crippen molar-refractivity contribution in [2.45, 2.75) is 31.5 Å². The smallest absolute Gasteiger partial charge is 0.494 e. The summed E-state index contributed by atoms with van der Waals surface area (Å²) in [6, 6.07) is 24.3. The Morgan fingerprint density at radius 1 is 1.00 bits per heavy atom. The van der Waals surface area contributed by atoms with Crippen LogP contribution in [0.4, 0.5) is 4.79 Å². The third-order valence-corrected chi connectivity index (χ3v) is 7.28. The van der Waals surface area contributed by atoms with Crippen LogP contribution < -0.4 is 0 Å². The van der Waals surface area contributed by atoms with Gasteiger partial charge in [0.1, 0.15) is 13.2 Å². The molecular weight excluding hydrogens is 440 g/mol. The number of carbonyl (C=O) groups excluding carboxylic acids is 1. The SMILES string of the molecule is COC[C@@H]1CCCN1[N+]1(C(=O)OCc2ccccc2)CC=C(OC)[C@@H]1c1ccc2ccccc2c1. The van der Waals surface area contributed by atoms with Gasteiger partial charge in [-0.2, -0.15) is 4.79 Å². The fraction of sp³-hybridized carbons (Fsp3) is 0.345. The highest BCUT2D eigenvalue weighted by Gasteiger charge is 2.60. The molecule has 2 aliphatic heterocycles. The summed E-state index contributed by atoms with van der Waals surface area (Å²) in [5, 5.41) is 4.58. The molecule has 0 aromatic heterocycles. The molecule has 3 atom stereocenters. The molecule has 0 radical (unpaired) electrons. The van der Waals surface area contributed by atoms with E-state index >= 15 is 0 Å². The molecule has 6 heteroatoms. The summed E-state index contributed by atoms with van der Waals surface area (Å²) < 4.78 is 17.5. The molecular formula is C29H33N2O4+. The first kappa shape index (κ1) is 23.5. The van der Waals surface area contributed by atoms with Gasteiger partial charge in [-0.15, -0.1) is 9.60 Å². The highest BCUT2D eigenvalue weighted by atomic mass is 16.6. The first-order chi connectivity index (χ1) is 17.2. The van der Waals surface area contributed by atoms with Crippen molar-refractivity contribution >= 4 is 16.9 Å². The zero-order valence-electron chi connectivity index (χ0n) is 20.4. The first-order valence-corrected chi connectivity index (χ1v) is 12.2. The predicted molar refractivity (Wildman–Crippen MR) is 135 cm³/mol. The molecule has 2 heterocycles. The molecule has 3 aromatic rings. The summed E-state index contributed by atoms with van der Waals surface area (Å²) in [7, 11) is 3.41. The van der Waals surface area contributed by atoms with Crippen LogP contribution in [0.3, 0.4) is 0 Å². The second-order valence-electron chi connectivity index (χ2n) is 9.28. The topological polar surface area (TPSA) is 48.0 Å². The Kier molecular flexibility index (Phi) is 6.86. The minimum Gasteiger partial charge on any atom is -0.494 e. The minimum atomic E-state index is -0.328. The van der Waals surface area contributed by atoms with Gasteiger partial charge in [-0.3, -0.25) is 0 Å². The number of nitrogens with zero attached hydrogens (tertiary/aromatic N) is 2. The first-order valence-electron chi connectivity index (χ1n) is 12.2. The van der Waals surface area contributed by atoms with Gasteiger partial charge in [0.05, 0.1) is 19.8 Å². The molecule has 182 valence electrons. The predicted octanol–water partition coefficient (Wildman–Crippen LogP) is 5.60. The summed E-state index contributed by atoms with van der Waals surface area (Å²) in [4.78, 5) is 14.2. The third-order valence-electron chi connectivity index (χ3n) is 7.28. The van der Waals surface area contributed by atoms with E-state index in [1.165, 1.54) is 5.39 Å². The van der Waals surface area contributed by atoms with Gasteiger partial charge in [-0.05, 0) is 35.2 Å². The third kappa shape index (κ3) is 4.33. The van der Waals surface area contributed by atoms with Crippen molar-refractivity contribution in [2.75, 3.05) is 33.9 Å². The lowest BCUT2D eigenvalue weighted by molar-refractivity contribution is -0.987. The zero-order chi connectivity index (χ0) is 24.3. The number of rotatable bonds is 7. The molecule has 0 saturated carbocycles. The number of amides is 1. The van der Waals surface area contributed by atoms with E-state index < -0.39 is 0 Å². The van der Waals surface area contributed by atoms with E-state index in [-0.39, 0.29) is 29.4 Å². The van der Waals surface area contributed by atoms with Gasteiger partial charge >= 0.3 is 6.09 Å². The van der Waals surface area contributed by atoms with Crippen LogP contribution in [0, 0.1) is 0 Å². The van der Waals surface area contributed by atoms with Crippen molar-refractivity contribution in [1.29, 1.82) is 0 Å². The van der Waals surface area contributed by atoms with Gasteiger partial charge in [0, 0.05) is 25.3 Å². The average molecular weight is 474 g/mol. The van der Waals surface area contributed by atoms with E-state index in [1.807, 2.05) is 48.5 Å². The lowest BCUT2D eigenvalue weighted by Gasteiger charge is -2.44. The molecule has 0 N–H and O–H groups in total. The fourth-order valence-electron chi connectivity index (χ4n) is 5.66. The summed E-state index contributed by atoms with van der Waals surface area (Å²) in [5.74, 6) is 0.792.